The van der Waals surface area contributed by atoms with Gasteiger partial charge in [-0.05, 0) is 42.7 Å². The molecule has 1 unspecified atom stereocenters. The Morgan fingerprint density at radius 3 is 2.64 bits per heavy atom. The van der Waals surface area contributed by atoms with Gasteiger partial charge in [0, 0.05) is 49.8 Å². The van der Waals surface area contributed by atoms with E-state index in [2.05, 4.69) is 49.4 Å². The number of para-hydroxylation sites is 1. The molecule has 1 aliphatic rings. The van der Waals surface area contributed by atoms with E-state index in [1.54, 1.807) is 42.7 Å². The van der Waals surface area contributed by atoms with Gasteiger partial charge < -0.3 is 9.26 Å². The summed E-state index contributed by atoms with van der Waals surface area (Å²) in [6.45, 7) is 5.83. The van der Waals surface area contributed by atoms with E-state index in [9.17, 15) is 4.39 Å². The summed E-state index contributed by atoms with van der Waals surface area (Å²) in [6, 6.07) is 18.1. The molecule has 1 atom stereocenters. The Kier molecular flexibility index (Phi) is 7.20. The van der Waals surface area contributed by atoms with Gasteiger partial charge in [0.2, 0.25) is 5.82 Å². The summed E-state index contributed by atoms with van der Waals surface area (Å²) in [7, 11) is 0. The second kappa shape index (κ2) is 11.2. The van der Waals surface area contributed by atoms with Gasteiger partial charge in [0.25, 0.3) is 5.89 Å². The zero-order valence-corrected chi connectivity index (χ0v) is 21.6. The molecule has 39 heavy (non-hydrogen) atoms. The minimum atomic E-state index is -0.423. The van der Waals surface area contributed by atoms with Gasteiger partial charge in [-0.1, -0.05) is 53.7 Å². The summed E-state index contributed by atoms with van der Waals surface area (Å²) < 4.78 is 27.6. The minimum absolute atomic E-state index is 0.193. The molecule has 0 N–H and O–H groups in total. The number of rotatable bonds is 9. The number of halogens is 1. The molecule has 10 heteroatoms. The standard InChI is InChI=1S/C29H28FN7O2/c1-2-17-38-23-13-16-36(19-23)18-20-7-9-22(10-8-20)28-32-29(39-34-28)26-27(21-11-14-31-15-12-21)37(35-33-26)25-6-4-3-5-24(25)30/h3-12,14-15,23H,2,13,16-19H2,1H3. The molecule has 1 saturated heterocycles. The van der Waals surface area contributed by atoms with Crippen molar-refractivity contribution >= 4 is 0 Å². The summed E-state index contributed by atoms with van der Waals surface area (Å²) in [6.07, 6.45) is 5.76. The van der Waals surface area contributed by atoms with Crippen LogP contribution in [-0.2, 0) is 11.3 Å². The van der Waals surface area contributed by atoms with Gasteiger partial charge in [-0.3, -0.25) is 9.88 Å². The Balaban J connectivity index is 1.24. The van der Waals surface area contributed by atoms with Crippen molar-refractivity contribution in [1.82, 2.24) is 35.0 Å². The maximum atomic E-state index is 14.7. The highest BCUT2D eigenvalue weighted by Gasteiger charge is 2.25. The lowest BCUT2D eigenvalue weighted by Gasteiger charge is -2.16. The first-order chi connectivity index (χ1) is 19.2. The van der Waals surface area contributed by atoms with Crippen molar-refractivity contribution in [3.63, 3.8) is 0 Å². The second-order valence-corrected chi connectivity index (χ2v) is 9.52. The van der Waals surface area contributed by atoms with Crippen LogP contribution in [0.5, 0.6) is 0 Å². The molecule has 9 nitrogen and oxygen atoms in total. The fraction of sp³-hybridized carbons (Fsp3) is 0.276. The van der Waals surface area contributed by atoms with E-state index in [0.717, 1.165) is 50.2 Å². The van der Waals surface area contributed by atoms with Crippen LogP contribution in [0.1, 0.15) is 25.3 Å². The summed E-state index contributed by atoms with van der Waals surface area (Å²) in [5.41, 5.74) is 3.92. The topological polar surface area (TPSA) is 95.0 Å². The van der Waals surface area contributed by atoms with Gasteiger partial charge in [-0.25, -0.2) is 9.07 Å². The molecular formula is C29H28FN7O2. The van der Waals surface area contributed by atoms with Crippen LogP contribution in [0.2, 0.25) is 0 Å². The SMILES string of the molecule is CCCOC1CCN(Cc2ccc(-c3noc(-c4nnn(-c5ccccc5F)c4-c4ccncc4)n3)cc2)C1. The Bertz CT molecular complexity index is 1540. The fourth-order valence-electron chi connectivity index (χ4n) is 4.80. The highest BCUT2D eigenvalue weighted by atomic mass is 19.1. The van der Waals surface area contributed by atoms with E-state index in [1.165, 1.54) is 16.3 Å². The quantitative estimate of drug-likeness (QED) is 0.260. The lowest BCUT2D eigenvalue weighted by molar-refractivity contribution is 0.0590. The lowest BCUT2D eigenvalue weighted by Crippen LogP contribution is -2.23. The van der Waals surface area contributed by atoms with Crippen molar-refractivity contribution in [2.45, 2.75) is 32.4 Å². The highest BCUT2D eigenvalue weighted by Crippen LogP contribution is 2.32. The smallest absolute Gasteiger partial charge is 0.281 e. The zero-order valence-electron chi connectivity index (χ0n) is 21.6. The Morgan fingerprint density at radius 2 is 1.85 bits per heavy atom. The predicted molar refractivity (Wildman–Crippen MR) is 143 cm³/mol. The number of ether oxygens (including phenoxy) is 1. The van der Waals surface area contributed by atoms with Gasteiger partial charge in [0.15, 0.2) is 5.69 Å². The molecule has 6 rings (SSSR count). The van der Waals surface area contributed by atoms with Crippen LogP contribution in [0.4, 0.5) is 4.39 Å². The van der Waals surface area contributed by atoms with E-state index in [4.69, 9.17) is 9.26 Å². The molecule has 0 bridgehead atoms. The third kappa shape index (κ3) is 5.34. The number of pyridine rings is 1. The van der Waals surface area contributed by atoms with Crippen molar-refractivity contribution in [2.75, 3.05) is 19.7 Å². The van der Waals surface area contributed by atoms with E-state index < -0.39 is 5.82 Å². The Hall–Kier alpha value is -4.28. The maximum absolute atomic E-state index is 14.7. The third-order valence-electron chi connectivity index (χ3n) is 6.74. The van der Waals surface area contributed by atoms with Crippen molar-refractivity contribution < 1.29 is 13.7 Å². The van der Waals surface area contributed by atoms with E-state index >= 15 is 0 Å². The molecule has 0 aliphatic carbocycles. The molecule has 1 aliphatic heterocycles. The number of nitrogens with zero attached hydrogens (tertiary/aromatic N) is 7. The zero-order chi connectivity index (χ0) is 26.6. The van der Waals surface area contributed by atoms with Gasteiger partial charge in [0.1, 0.15) is 17.2 Å². The summed E-state index contributed by atoms with van der Waals surface area (Å²) >= 11 is 0. The van der Waals surface area contributed by atoms with Gasteiger partial charge >= 0.3 is 0 Å². The average molecular weight is 526 g/mol. The molecule has 1 fully saturated rings. The van der Waals surface area contributed by atoms with Crippen LogP contribution in [0.15, 0.2) is 77.6 Å². The third-order valence-corrected chi connectivity index (χ3v) is 6.74. The van der Waals surface area contributed by atoms with Crippen molar-refractivity contribution in [2.24, 2.45) is 0 Å². The first-order valence-electron chi connectivity index (χ1n) is 13.1. The molecule has 5 aromatic rings. The molecular weight excluding hydrogens is 497 g/mol. The number of aromatic nitrogens is 6. The monoisotopic (exact) mass is 525 g/mol. The normalized spacial score (nSPS) is 15.7. The molecule has 4 heterocycles. The minimum Gasteiger partial charge on any atom is -0.377 e. The fourth-order valence-corrected chi connectivity index (χ4v) is 4.80. The Labute approximate surface area is 225 Å². The molecule has 3 aromatic heterocycles. The van der Waals surface area contributed by atoms with Crippen molar-refractivity contribution in [1.29, 1.82) is 0 Å². The van der Waals surface area contributed by atoms with E-state index in [1.807, 2.05) is 12.1 Å². The maximum Gasteiger partial charge on any atom is 0.281 e. The van der Waals surface area contributed by atoms with Crippen molar-refractivity contribution in [3.05, 3.63) is 84.4 Å². The Morgan fingerprint density at radius 1 is 1.03 bits per heavy atom. The molecule has 0 saturated carbocycles. The predicted octanol–water partition coefficient (Wildman–Crippen LogP) is 5.19. The largest absolute Gasteiger partial charge is 0.377 e. The number of benzene rings is 2. The molecule has 0 radical (unpaired) electrons. The first kappa shape index (κ1) is 25.0. The second-order valence-electron chi connectivity index (χ2n) is 9.52. The van der Waals surface area contributed by atoms with Gasteiger partial charge in [0.05, 0.1) is 6.10 Å². The average Bonchev–Trinajstić information content (AvgIpc) is 3.73. The van der Waals surface area contributed by atoms with Gasteiger partial charge in [-0.15, -0.1) is 5.10 Å². The summed E-state index contributed by atoms with van der Waals surface area (Å²) in [5.74, 6) is 0.207. The van der Waals surface area contributed by atoms with Crippen LogP contribution >= 0.6 is 0 Å². The van der Waals surface area contributed by atoms with Crippen LogP contribution in [0, 0.1) is 5.82 Å². The van der Waals surface area contributed by atoms with Gasteiger partial charge in [-0.2, -0.15) is 4.98 Å². The van der Waals surface area contributed by atoms with E-state index in [-0.39, 0.29) is 11.6 Å². The summed E-state index contributed by atoms with van der Waals surface area (Å²) in [5, 5.41) is 12.7. The van der Waals surface area contributed by atoms with Crippen molar-refractivity contribution in [3.8, 4) is 39.9 Å². The van der Waals surface area contributed by atoms with E-state index in [0.29, 0.717) is 23.3 Å². The molecule has 0 spiro atoms. The number of hydrogen-bond donors (Lipinski definition) is 0. The van der Waals surface area contributed by atoms with Crippen LogP contribution < -0.4 is 0 Å². The number of hydrogen-bond acceptors (Lipinski definition) is 8. The van der Waals surface area contributed by atoms with Crippen LogP contribution in [-0.4, -0.2) is 60.8 Å². The first-order valence-corrected chi connectivity index (χ1v) is 13.1. The number of likely N-dealkylation sites (tertiary alicyclic amines) is 1. The highest BCUT2D eigenvalue weighted by molar-refractivity contribution is 5.76. The summed E-state index contributed by atoms with van der Waals surface area (Å²) in [4.78, 5) is 11.1. The lowest BCUT2D eigenvalue weighted by atomic mass is 10.1. The molecule has 0 amide bonds. The van der Waals surface area contributed by atoms with Crippen LogP contribution in [0.25, 0.3) is 39.9 Å². The van der Waals surface area contributed by atoms with Crippen LogP contribution in [0.3, 0.4) is 0 Å². The molecule has 2 aromatic carbocycles. The molecule has 198 valence electrons.